The molecular weight excluding hydrogens is 430 g/mol. The van der Waals surface area contributed by atoms with Crippen molar-refractivity contribution in [1.82, 2.24) is 24.5 Å². The summed E-state index contributed by atoms with van der Waals surface area (Å²) in [6, 6.07) is 10.3. The molecule has 0 spiro atoms. The van der Waals surface area contributed by atoms with Gasteiger partial charge in [-0.1, -0.05) is 31.4 Å². The van der Waals surface area contributed by atoms with E-state index in [0.717, 1.165) is 52.4 Å². The number of hydrogen-bond acceptors (Lipinski definition) is 8. The van der Waals surface area contributed by atoms with Crippen LogP contribution in [0.15, 0.2) is 49.1 Å². The van der Waals surface area contributed by atoms with Crippen molar-refractivity contribution in [3.63, 3.8) is 0 Å². The SMILES string of the molecule is c1cncc(CNc2nc(NCc3ccc4c(c3)OCO4)nc3c2ncn3C2CCCCC2)c1. The van der Waals surface area contributed by atoms with Crippen LogP contribution < -0.4 is 20.1 Å². The van der Waals surface area contributed by atoms with Crippen LogP contribution in [0.4, 0.5) is 11.8 Å². The van der Waals surface area contributed by atoms with Gasteiger partial charge >= 0.3 is 0 Å². The second kappa shape index (κ2) is 9.17. The fourth-order valence-corrected chi connectivity index (χ4v) is 4.67. The molecule has 0 saturated heterocycles. The number of rotatable bonds is 7. The summed E-state index contributed by atoms with van der Waals surface area (Å²) in [6.45, 7) is 1.45. The van der Waals surface area contributed by atoms with Gasteiger partial charge in [0.2, 0.25) is 12.7 Å². The molecule has 174 valence electrons. The zero-order valence-electron chi connectivity index (χ0n) is 18.9. The summed E-state index contributed by atoms with van der Waals surface area (Å²) in [6.07, 6.45) is 11.7. The number of ether oxygens (including phenoxy) is 2. The number of benzene rings is 1. The molecule has 0 radical (unpaired) electrons. The molecule has 3 aromatic heterocycles. The van der Waals surface area contributed by atoms with Crippen molar-refractivity contribution in [2.24, 2.45) is 0 Å². The van der Waals surface area contributed by atoms with Crippen molar-refractivity contribution in [2.75, 3.05) is 17.4 Å². The van der Waals surface area contributed by atoms with Gasteiger partial charge in [0, 0.05) is 31.5 Å². The molecule has 0 unspecified atom stereocenters. The first-order chi connectivity index (χ1) is 16.8. The average Bonchev–Trinajstić information content (AvgIpc) is 3.54. The van der Waals surface area contributed by atoms with Crippen molar-refractivity contribution in [2.45, 2.75) is 51.2 Å². The predicted octanol–water partition coefficient (Wildman–Crippen LogP) is 4.68. The lowest BCUT2D eigenvalue weighted by atomic mass is 9.95. The van der Waals surface area contributed by atoms with E-state index < -0.39 is 0 Å². The molecule has 1 aliphatic carbocycles. The van der Waals surface area contributed by atoms with Crippen LogP contribution in [-0.2, 0) is 13.1 Å². The van der Waals surface area contributed by atoms with Crippen molar-refractivity contribution in [1.29, 1.82) is 0 Å². The molecule has 4 heterocycles. The van der Waals surface area contributed by atoms with Gasteiger partial charge in [0.1, 0.15) is 0 Å². The van der Waals surface area contributed by atoms with Crippen LogP contribution in [0.5, 0.6) is 11.5 Å². The maximum Gasteiger partial charge on any atom is 0.231 e. The van der Waals surface area contributed by atoms with E-state index in [0.29, 0.717) is 25.1 Å². The first-order valence-electron chi connectivity index (χ1n) is 11.8. The van der Waals surface area contributed by atoms with Gasteiger partial charge in [0.05, 0.1) is 6.33 Å². The summed E-state index contributed by atoms with van der Waals surface area (Å²) < 4.78 is 13.2. The molecule has 9 nitrogen and oxygen atoms in total. The summed E-state index contributed by atoms with van der Waals surface area (Å²) in [4.78, 5) is 18.6. The average molecular weight is 458 g/mol. The largest absolute Gasteiger partial charge is 0.454 e. The minimum Gasteiger partial charge on any atom is -0.454 e. The van der Waals surface area contributed by atoms with Crippen LogP contribution in [0.3, 0.4) is 0 Å². The lowest BCUT2D eigenvalue weighted by Gasteiger charge is -2.23. The van der Waals surface area contributed by atoms with E-state index in [1.807, 2.05) is 42.9 Å². The molecule has 0 atom stereocenters. The summed E-state index contributed by atoms with van der Waals surface area (Å²) in [7, 11) is 0. The van der Waals surface area contributed by atoms with E-state index in [4.69, 9.17) is 24.4 Å². The molecule has 0 bridgehead atoms. The third-order valence-electron chi connectivity index (χ3n) is 6.46. The predicted molar refractivity (Wildman–Crippen MR) is 129 cm³/mol. The highest BCUT2D eigenvalue weighted by atomic mass is 16.7. The van der Waals surface area contributed by atoms with Crippen LogP contribution in [0.2, 0.25) is 0 Å². The number of anilines is 2. The quantitative estimate of drug-likeness (QED) is 0.413. The third-order valence-corrected chi connectivity index (χ3v) is 6.46. The number of nitrogens with zero attached hydrogens (tertiary/aromatic N) is 5. The second-order valence-corrected chi connectivity index (χ2v) is 8.77. The van der Waals surface area contributed by atoms with Crippen molar-refractivity contribution < 1.29 is 9.47 Å². The van der Waals surface area contributed by atoms with E-state index in [2.05, 4.69) is 20.2 Å². The van der Waals surface area contributed by atoms with E-state index in [1.165, 1.54) is 19.3 Å². The highest BCUT2D eigenvalue weighted by molar-refractivity contribution is 5.84. The minimum atomic E-state index is 0.267. The van der Waals surface area contributed by atoms with Gasteiger partial charge in [-0.05, 0) is 42.2 Å². The molecule has 1 aliphatic heterocycles. The summed E-state index contributed by atoms with van der Waals surface area (Å²) in [5.41, 5.74) is 3.81. The Kier molecular flexibility index (Phi) is 5.58. The van der Waals surface area contributed by atoms with Crippen LogP contribution in [0, 0.1) is 0 Å². The number of hydrogen-bond donors (Lipinski definition) is 2. The van der Waals surface area contributed by atoms with Gasteiger partial charge in [0.25, 0.3) is 0 Å². The summed E-state index contributed by atoms with van der Waals surface area (Å²) >= 11 is 0. The molecule has 1 saturated carbocycles. The van der Waals surface area contributed by atoms with Crippen LogP contribution in [0.1, 0.15) is 49.3 Å². The van der Waals surface area contributed by atoms with Crippen molar-refractivity contribution in [3.05, 3.63) is 60.2 Å². The molecule has 4 aromatic rings. The number of nitrogens with one attached hydrogen (secondary N) is 2. The van der Waals surface area contributed by atoms with E-state index in [9.17, 15) is 0 Å². The van der Waals surface area contributed by atoms with Crippen LogP contribution in [-0.4, -0.2) is 31.3 Å². The van der Waals surface area contributed by atoms with Gasteiger partial charge in [0.15, 0.2) is 28.5 Å². The number of fused-ring (bicyclic) bond motifs is 2. The zero-order valence-corrected chi connectivity index (χ0v) is 18.9. The smallest absolute Gasteiger partial charge is 0.231 e. The van der Waals surface area contributed by atoms with Gasteiger partial charge in [-0.15, -0.1) is 0 Å². The topological polar surface area (TPSA) is 99.0 Å². The number of imidazole rings is 1. The zero-order chi connectivity index (χ0) is 22.7. The Hall–Kier alpha value is -3.88. The van der Waals surface area contributed by atoms with Crippen molar-refractivity contribution in [3.8, 4) is 11.5 Å². The monoisotopic (exact) mass is 457 g/mol. The van der Waals surface area contributed by atoms with E-state index in [1.54, 1.807) is 6.20 Å². The van der Waals surface area contributed by atoms with Crippen LogP contribution >= 0.6 is 0 Å². The Bertz CT molecular complexity index is 1290. The standard InChI is InChI=1S/C25H27N7O2/c1-2-6-19(7-3-1)32-15-29-22-23(27-14-18-5-4-10-26-12-18)30-25(31-24(22)32)28-13-17-8-9-20-21(11-17)34-16-33-20/h4-5,8-12,15,19H,1-3,6-7,13-14,16H2,(H2,27,28,30,31). The Morgan fingerprint density at radius 1 is 0.941 bits per heavy atom. The number of aromatic nitrogens is 5. The Labute approximate surface area is 197 Å². The molecule has 1 fully saturated rings. The van der Waals surface area contributed by atoms with Gasteiger partial charge in [-0.25, -0.2) is 4.98 Å². The van der Waals surface area contributed by atoms with Gasteiger partial charge in [-0.3, -0.25) is 4.98 Å². The summed E-state index contributed by atoms with van der Waals surface area (Å²) in [5, 5.41) is 6.84. The summed E-state index contributed by atoms with van der Waals surface area (Å²) in [5.74, 6) is 2.83. The molecule has 1 aromatic carbocycles. The third kappa shape index (κ3) is 4.21. The number of pyridine rings is 1. The molecule has 2 N–H and O–H groups in total. The highest BCUT2D eigenvalue weighted by Crippen LogP contribution is 2.34. The van der Waals surface area contributed by atoms with Crippen LogP contribution in [0.25, 0.3) is 11.2 Å². The fraction of sp³-hybridized carbons (Fsp3) is 0.360. The lowest BCUT2D eigenvalue weighted by Crippen LogP contribution is -2.14. The Balaban J connectivity index is 1.29. The maximum absolute atomic E-state index is 5.51. The highest BCUT2D eigenvalue weighted by Gasteiger charge is 2.21. The minimum absolute atomic E-state index is 0.267. The van der Waals surface area contributed by atoms with Gasteiger partial charge in [-0.2, -0.15) is 9.97 Å². The molecule has 2 aliphatic rings. The normalized spacial score (nSPS) is 15.5. The molecule has 0 amide bonds. The lowest BCUT2D eigenvalue weighted by molar-refractivity contribution is 0.174. The maximum atomic E-state index is 5.51. The molecule has 34 heavy (non-hydrogen) atoms. The van der Waals surface area contributed by atoms with E-state index >= 15 is 0 Å². The molecule has 6 rings (SSSR count). The van der Waals surface area contributed by atoms with E-state index in [-0.39, 0.29) is 6.79 Å². The Morgan fingerprint density at radius 2 is 1.82 bits per heavy atom. The second-order valence-electron chi connectivity index (χ2n) is 8.77. The van der Waals surface area contributed by atoms with Gasteiger partial charge < -0.3 is 24.7 Å². The molecule has 9 heteroatoms. The Morgan fingerprint density at radius 3 is 2.71 bits per heavy atom. The first kappa shape index (κ1) is 20.7. The fourth-order valence-electron chi connectivity index (χ4n) is 4.67. The molecular formula is C25H27N7O2. The van der Waals surface area contributed by atoms with Crippen molar-refractivity contribution >= 4 is 22.9 Å². The first-order valence-corrected chi connectivity index (χ1v) is 11.8.